The monoisotopic (exact) mass is 1390 g/mol. The van der Waals surface area contributed by atoms with E-state index in [2.05, 4.69) is 83.1 Å². The van der Waals surface area contributed by atoms with Crippen LogP contribution in [0.4, 0.5) is 0 Å². The third-order valence-corrected chi connectivity index (χ3v) is 21.6. The van der Waals surface area contributed by atoms with E-state index >= 15 is 0 Å². The molecule has 0 spiro atoms. The first-order valence-electron chi connectivity index (χ1n) is 40.4. The third kappa shape index (κ3) is 53.7. The minimum absolute atomic E-state index is 0.0616. The summed E-state index contributed by atoms with van der Waals surface area (Å²) in [6.45, 7) is 27.7. The standard InChI is InChI=1S/2C42H78O3S.O.Ti/c2*1-36(2)28-22-16-10-7-13-19-25-31-39-34-35-42(46(43,44)45)41(33-27-21-15-9-12-18-24-30-38(5)6)40(39)32-26-20-14-8-11-17-23-29-37(3)4;;/h2*34-38H,7-33H2,1-6H3,(H,43,44,45);;/q;;;+2/p-2. The fourth-order valence-corrected chi connectivity index (χ4v) is 15.5. The Labute approximate surface area is 598 Å². The Morgan fingerprint density at radius 1 is 0.234 bits per heavy atom. The Kier molecular flexibility index (Phi) is 60.8. The zero-order valence-electron chi connectivity index (χ0n) is 64.1. The molecule has 548 valence electrons. The molecule has 2 rings (SSSR count). The van der Waals surface area contributed by atoms with Crippen LogP contribution in [-0.4, -0.2) is 25.9 Å². The molecule has 0 aliphatic carbocycles. The van der Waals surface area contributed by atoms with Gasteiger partial charge in [0.25, 0.3) is 0 Å². The maximum atomic E-state index is 12.4. The first-order chi connectivity index (χ1) is 45.0. The summed E-state index contributed by atoms with van der Waals surface area (Å²) < 4.78 is 82.8. The second kappa shape index (κ2) is 61.6. The van der Waals surface area contributed by atoms with Crippen molar-refractivity contribution in [2.75, 3.05) is 0 Å². The summed E-state index contributed by atoms with van der Waals surface area (Å²) >= 11 is 0.750. The van der Waals surface area contributed by atoms with Gasteiger partial charge in [-0.25, -0.2) is 16.8 Å². The molecule has 7 nitrogen and oxygen atoms in total. The predicted molar refractivity (Wildman–Crippen MR) is 402 cm³/mol. The van der Waals surface area contributed by atoms with Crippen molar-refractivity contribution in [3.63, 3.8) is 0 Å². The number of rotatable bonds is 62. The number of unbranched alkanes of at least 4 members (excludes halogenated alkanes) is 36. The molecule has 0 bridgehead atoms. The van der Waals surface area contributed by atoms with Crippen molar-refractivity contribution in [2.24, 2.45) is 35.5 Å². The van der Waals surface area contributed by atoms with Crippen LogP contribution in [0.15, 0.2) is 34.1 Å². The predicted octanol–water partition coefficient (Wildman–Crippen LogP) is 27.0. The summed E-state index contributed by atoms with van der Waals surface area (Å²) in [7, 11) is -8.98. The van der Waals surface area contributed by atoms with E-state index in [0.717, 1.165) is 157 Å². The molecular formula is C84H154O7S2Ti. The van der Waals surface area contributed by atoms with E-state index in [9.17, 15) is 25.9 Å². The van der Waals surface area contributed by atoms with Gasteiger partial charge >= 0.3 is 23.7 Å². The summed E-state index contributed by atoms with van der Waals surface area (Å²) in [5, 5.41) is 0. The molecule has 0 unspecified atom stereocenters. The molecule has 0 heterocycles. The molecule has 2 aromatic rings. The van der Waals surface area contributed by atoms with E-state index in [0.29, 0.717) is 0 Å². The van der Waals surface area contributed by atoms with Crippen LogP contribution in [0, 0.1) is 35.5 Å². The second-order valence-electron chi connectivity index (χ2n) is 31.7. The fraction of sp³-hybridized carbons (Fsp3) is 0.857. The minimum atomic E-state index is -4.49. The molecular weight excluding hydrogens is 1230 g/mol. The summed E-state index contributed by atoms with van der Waals surface area (Å²) in [6.07, 6.45) is 65.9. The van der Waals surface area contributed by atoms with Crippen molar-refractivity contribution in [1.82, 2.24) is 0 Å². The van der Waals surface area contributed by atoms with Crippen molar-refractivity contribution in [2.45, 2.75) is 440 Å². The van der Waals surface area contributed by atoms with Crippen molar-refractivity contribution in [3.8, 4) is 0 Å². The van der Waals surface area contributed by atoms with E-state index in [4.69, 9.17) is 3.32 Å². The molecule has 0 radical (unpaired) electrons. The molecule has 0 aliphatic rings. The second-order valence-corrected chi connectivity index (χ2v) is 34.4. The molecule has 0 amide bonds. The Bertz CT molecular complexity index is 2110. The molecule has 0 atom stereocenters. The van der Waals surface area contributed by atoms with Crippen molar-refractivity contribution >= 4 is 20.2 Å². The molecule has 10 heteroatoms. The molecule has 0 fully saturated rings. The zero-order chi connectivity index (χ0) is 70.1. The van der Waals surface area contributed by atoms with Crippen LogP contribution in [0.3, 0.4) is 0 Å². The third-order valence-electron chi connectivity index (χ3n) is 19.8. The van der Waals surface area contributed by atoms with Gasteiger partial charge in [0, 0.05) is 0 Å². The Balaban J connectivity index is 0.00000179. The van der Waals surface area contributed by atoms with Gasteiger partial charge in [0.1, 0.15) is 20.2 Å². The number of aryl methyl sites for hydroxylation is 2. The maximum absolute atomic E-state index is 12.4. The van der Waals surface area contributed by atoms with Crippen LogP contribution in [0.5, 0.6) is 0 Å². The average Bonchev–Trinajstić information content (AvgIpc) is 0.817. The van der Waals surface area contributed by atoms with Crippen molar-refractivity contribution < 1.29 is 49.7 Å². The molecule has 0 N–H and O–H groups in total. The Morgan fingerprint density at radius 2 is 0.383 bits per heavy atom. The van der Waals surface area contributed by atoms with Crippen LogP contribution in [0.2, 0.25) is 0 Å². The van der Waals surface area contributed by atoms with Gasteiger partial charge in [-0.2, -0.15) is 0 Å². The van der Waals surface area contributed by atoms with Gasteiger partial charge in [0.15, 0.2) is 0 Å². The fourth-order valence-electron chi connectivity index (χ4n) is 14.0. The van der Waals surface area contributed by atoms with Gasteiger partial charge in [-0.3, -0.25) is 0 Å². The van der Waals surface area contributed by atoms with Crippen molar-refractivity contribution in [1.29, 1.82) is 0 Å². The molecule has 94 heavy (non-hydrogen) atoms. The Morgan fingerprint density at radius 3 is 0.553 bits per heavy atom. The normalized spacial score (nSPS) is 12.1. The summed E-state index contributed by atoms with van der Waals surface area (Å²) in [5.41, 5.74) is 6.75. The van der Waals surface area contributed by atoms with Gasteiger partial charge in [-0.05, 0) is 158 Å². The van der Waals surface area contributed by atoms with Gasteiger partial charge in [-0.15, -0.1) is 0 Å². The average molecular weight is 1390 g/mol. The van der Waals surface area contributed by atoms with E-state index in [-0.39, 0.29) is 9.79 Å². The molecule has 0 saturated carbocycles. The van der Waals surface area contributed by atoms with Crippen LogP contribution < -0.4 is 0 Å². The number of benzene rings is 2. The number of hydrogen-bond acceptors (Lipinski definition) is 7. The van der Waals surface area contributed by atoms with Crippen LogP contribution in [0.25, 0.3) is 0 Å². The van der Waals surface area contributed by atoms with Crippen LogP contribution >= 0.6 is 0 Å². The van der Waals surface area contributed by atoms with E-state index in [1.54, 1.807) is 12.1 Å². The molecule has 0 aromatic heterocycles. The van der Waals surface area contributed by atoms with Crippen LogP contribution in [-0.2, 0) is 82.5 Å². The van der Waals surface area contributed by atoms with E-state index in [1.807, 2.05) is 12.1 Å². The van der Waals surface area contributed by atoms with Gasteiger partial charge in [0.2, 0.25) is 0 Å². The quantitative estimate of drug-likeness (QED) is 0.0366. The topological polar surface area (TPSA) is 131 Å². The first-order valence-corrected chi connectivity index (χ1v) is 43.9. The summed E-state index contributed by atoms with van der Waals surface area (Å²) in [4.78, 5) is 0.123. The molecule has 0 saturated heterocycles. The first kappa shape index (κ1) is 92.8. The summed E-state index contributed by atoms with van der Waals surface area (Å²) in [6, 6.07) is 7.27. The van der Waals surface area contributed by atoms with E-state index in [1.165, 1.54) is 279 Å². The molecule has 2 aromatic carbocycles. The Hall–Kier alpha value is -1.23. The number of hydrogen-bond donors (Lipinski definition) is 0. The summed E-state index contributed by atoms with van der Waals surface area (Å²) in [5.74, 6) is 4.81. The van der Waals surface area contributed by atoms with Gasteiger partial charge < -0.3 is 9.11 Å². The molecule has 0 aliphatic heterocycles. The SMILES string of the molecule is CC(C)CCCCCCCCCc1ccc(S(=O)(=O)[O-])c(CCCCCCCCCC(C)C)c1CCCCCCCCCC(C)C.CC(C)CCCCCCCCCc1ccc(S(=O)(=O)[O-])c(CCCCCCCCCC(C)C)c1CCCCCCCCCC(C)C.[O]=[Ti+2]. The zero-order valence-corrected chi connectivity index (χ0v) is 67.3. The van der Waals surface area contributed by atoms with Crippen LogP contribution in [0.1, 0.15) is 425 Å². The van der Waals surface area contributed by atoms with Crippen molar-refractivity contribution in [3.05, 3.63) is 57.6 Å². The van der Waals surface area contributed by atoms with Gasteiger partial charge in [-0.1, -0.05) is 365 Å². The van der Waals surface area contributed by atoms with Gasteiger partial charge in [0.05, 0.1) is 9.79 Å². The van der Waals surface area contributed by atoms with E-state index < -0.39 is 20.2 Å².